The molecular formula is C33H43N2O2+. The number of anilines is 1. The van der Waals surface area contributed by atoms with Crippen LogP contribution >= 0.6 is 0 Å². The van der Waals surface area contributed by atoms with Crippen molar-refractivity contribution < 1.29 is 14.0 Å². The molecule has 0 saturated carbocycles. The molecule has 2 aliphatic rings. The molecule has 0 unspecified atom stereocenters. The van der Waals surface area contributed by atoms with Crippen LogP contribution in [0, 0.1) is 0 Å². The Balaban J connectivity index is 1.48. The molecule has 2 heterocycles. The highest BCUT2D eigenvalue weighted by molar-refractivity contribution is 6.03. The Bertz CT molecular complexity index is 1220. The zero-order chi connectivity index (χ0) is 26.5. The first-order chi connectivity index (χ1) is 17.8. The highest BCUT2D eigenvalue weighted by Crippen LogP contribution is 2.47. The topological polar surface area (TPSA) is 24.7 Å². The van der Waals surface area contributed by atoms with E-state index in [9.17, 15) is 0 Å². The standard InChI is InChI=1S/C33H43N2O2/c1-7-22-36-24-25-37-23-21-35-29-18-14-12-16-27(29)33(4,5)31(35)20-10-8-9-19-30-32(2,3)26-15-11-13-17-28(26)34(30)6/h8-20H,7,21-25H2,1-6H3/q+1. The van der Waals surface area contributed by atoms with Gasteiger partial charge in [-0.2, -0.15) is 4.58 Å². The van der Waals surface area contributed by atoms with E-state index in [1.807, 2.05) is 0 Å². The van der Waals surface area contributed by atoms with Crippen LogP contribution in [0.4, 0.5) is 11.4 Å². The molecule has 2 aromatic carbocycles. The van der Waals surface area contributed by atoms with Gasteiger partial charge < -0.3 is 14.4 Å². The van der Waals surface area contributed by atoms with E-state index in [1.165, 1.54) is 33.9 Å². The number of nitrogens with zero attached hydrogens (tertiary/aromatic N) is 2. The molecule has 2 aromatic rings. The second-order valence-electron chi connectivity index (χ2n) is 10.9. The van der Waals surface area contributed by atoms with Gasteiger partial charge in [-0.15, -0.1) is 0 Å². The Morgan fingerprint density at radius 2 is 1.46 bits per heavy atom. The van der Waals surface area contributed by atoms with E-state index in [2.05, 4.69) is 130 Å². The normalized spacial score (nSPS) is 19.0. The third-order valence-corrected chi connectivity index (χ3v) is 7.65. The summed E-state index contributed by atoms with van der Waals surface area (Å²) in [5.41, 5.74) is 7.82. The van der Waals surface area contributed by atoms with Crippen LogP contribution in [-0.4, -0.2) is 50.3 Å². The summed E-state index contributed by atoms with van der Waals surface area (Å²) in [6, 6.07) is 17.4. The van der Waals surface area contributed by atoms with E-state index in [-0.39, 0.29) is 10.8 Å². The molecule has 196 valence electrons. The van der Waals surface area contributed by atoms with Gasteiger partial charge >= 0.3 is 0 Å². The summed E-state index contributed by atoms with van der Waals surface area (Å²) < 4.78 is 13.8. The molecule has 2 aliphatic heterocycles. The fraction of sp³-hybridized carbons (Fsp3) is 0.424. The molecule has 0 bridgehead atoms. The van der Waals surface area contributed by atoms with Gasteiger partial charge in [-0.05, 0) is 38.0 Å². The van der Waals surface area contributed by atoms with Crippen LogP contribution in [0.1, 0.15) is 52.2 Å². The molecule has 4 rings (SSSR count). The van der Waals surface area contributed by atoms with Gasteiger partial charge in [-0.3, -0.25) is 0 Å². The highest BCUT2D eigenvalue weighted by Gasteiger charge is 2.42. The molecule has 37 heavy (non-hydrogen) atoms. The fourth-order valence-electron chi connectivity index (χ4n) is 5.66. The summed E-state index contributed by atoms with van der Waals surface area (Å²) in [5, 5.41) is 0. The van der Waals surface area contributed by atoms with Crippen molar-refractivity contribution in [1.82, 2.24) is 0 Å². The minimum atomic E-state index is -0.0705. The van der Waals surface area contributed by atoms with Crippen molar-refractivity contribution in [1.29, 1.82) is 0 Å². The minimum Gasteiger partial charge on any atom is -0.379 e. The largest absolute Gasteiger partial charge is 0.379 e. The molecule has 0 fully saturated rings. The van der Waals surface area contributed by atoms with E-state index >= 15 is 0 Å². The number of para-hydroxylation sites is 2. The van der Waals surface area contributed by atoms with Crippen molar-refractivity contribution in [2.24, 2.45) is 0 Å². The molecule has 4 heteroatoms. The average molecular weight is 500 g/mol. The SMILES string of the molecule is CCCOCCOCCN1/C(=C/C=C\C=C/C2=[N+](C)c3ccccc3C2(C)C)C(C)(C)c2ccccc21. The van der Waals surface area contributed by atoms with Gasteiger partial charge in [-0.25, -0.2) is 0 Å². The summed E-state index contributed by atoms with van der Waals surface area (Å²) in [4.78, 5) is 2.41. The Morgan fingerprint density at radius 3 is 2.19 bits per heavy atom. The maximum Gasteiger partial charge on any atom is 0.209 e. The molecule has 0 aromatic heterocycles. The summed E-state index contributed by atoms with van der Waals surface area (Å²) in [6.45, 7) is 14.9. The summed E-state index contributed by atoms with van der Waals surface area (Å²) >= 11 is 0. The molecule has 0 aliphatic carbocycles. The van der Waals surface area contributed by atoms with Crippen LogP contribution in [0.15, 0.2) is 84.6 Å². The number of benzene rings is 2. The monoisotopic (exact) mass is 499 g/mol. The lowest BCUT2D eigenvalue weighted by atomic mass is 9.81. The zero-order valence-corrected chi connectivity index (χ0v) is 23.5. The molecule has 0 spiro atoms. The van der Waals surface area contributed by atoms with Gasteiger partial charge in [0.15, 0.2) is 5.71 Å². The lowest BCUT2D eigenvalue weighted by molar-refractivity contribution is -0.401. The predicted molar refractivity (Wildman–Crippen MR) is 155 cm³/mol. The molecule has 0 atom stereocenters. The first-order valence-electron chi connectivity index (χ1n) is 13.6. The van der Waals surface area contributed by atoms with Crippen LogP contribution in [0.25, 0.3) is 0 Å². The smallest absolute Gasteiger partial charge is 0.209 e. The fourth-order valence-corrected chi connectivity index (χ4v) is 5.66. The van der Waals surface area contributed by atoms with E-state index in [0.717, 1.165) is 19.6 Å². The van der Waals surface area contributed by atoms with E-state index in [1.54, 1.807) is 0 Å². The predicted octanol–water partition coefficient (Wildman–Crippen LogP) is 6.93. The second-order valence-corrected chi connectivity index (χ2v) is 10.9. The van der Waals surface area contributed by atoms with Crippen LogP contribution < -0.4 is 4.90 Å². The lowest BCUT2D eigenvalue weighted by Gasteiger charge is -2.27. The second kappa shape index (κ2) is 11.6. The van der Waals surface area contributed by atoms with E-state index < -0.39 is 0 Å². The molecule has 0 amide bonds. The molecule has 4 nitrogen and oxygen atoms in total. The highest BCUT2D eigenvalue weighted by atomic mass is 16.5. The number of rotatable bonds is 11. The van der Waals surface area contributed by atoms with Crippen molar-refractivity contribution in [3.05, 3.63) is 95.7 Å². The van der Waals surface area contributed by atoms with Gasteiger partial charge in [0.05, 0.1) is 25.2 Å². The van der Waals surface area contributed by atoms with Gasteiger partial charge in [0.2, 0.25) is 5.69 Å². The molecule has 0 radical (unpaired) electrons. The van der Waals surface area contributed by atoms with Crippen molar-refractivity contribution in [3.8, 4) is 0 Å². The van der Waals surface area contributed by atoms with E-state index in [0.29, 0.717) is 19.8 Å². The zero-order valence-electron chi connectivity index (χ0n) is 23.5. The number of fused-ring (bicyclic) bond motifs is 2. The Labute approximate surface area is 223 Å². The molecule has 0 saturated heterocycles. The number of ether oxygens (including phenoxy) is 2. The first kappa shape index (κ1) is 27.1. The minimum absolute atomic E-state index is 0.0123. The molecule has 0 N–H and O–H groups in total. The van der Waals surface area contributed by atoms with Crippen LogP contribution in [0.2, 0.25) is 0 Å². The number of hydrogen-bond donors (Lipinski definition) is 0. The Kier molecular flexibility index (Phi) is 8.51. The van der Waals surface area contributed by atoms with Crippen molar-refractivity contribution in [3.63, 3.8) is 0 Å². The Hall–Kier alpha value is -2.95. The quantitative estimate of drug-likeness (QED) is 0.190. The van der Waals surface area contributed by atoms with Crippen LogP contribution in [0.5, 0.6) is 0 Å². The van der Waals surface area contributed by atoms with Crippen molar-refractivity contribution >= 4 is 17.1 Å². The lowest BCUT2D eigenvalue weighted by Crippen LogP contribution is -2.29. The van der Waals surface area contributed by atoms with Crippen molar-refractivity contribution in [2.45, 2.75) is 51.9 Å². The maximum atomic E-state index is 5.90. The Morgan fingerprint density at radius 1 is 0.784 bits per heavy atom. The van der Waals surface area contributed by atoms with Crippen LogP contribution in [0.3, 0.4) is 0 Å². The number of hydrogen-bond acceptors (Lipinski definition) is 3. The van der Waals surface area contributed by atoms with Gasteiger partial charge in [-0.1, -0.05) is 75.4 Å². The van der Waals surface area contributed by atoms with Crippen LogP contribution in [-0.2, 0) is 20.3 Å². The van der Waals surface area contributed by atoms with Crippen molar-refractivity contribution in [2.75, 3.05) is 44.9 Å². The summed E-state index contributed by atoms with van der Waals surface area (Å²) in [6.07, 6.45) is 12.0. The van der Waals surface area contributed by atoms with E-state index in [4.69, 9.17) is 9.47 Å². The third kappa shape index (κ3) is 5.51. The first-order valence-corrected chi connectivity index (χ1v) is 13.6. The number of allylic oxidation sites excluding steroid dienone is 6. The third-order valence-electron chi connectivity index (χ3n) is 7.65. The molecular weight excluding hydrogens is 456 g/mol. The maximum absolute atomic E-state index is 5.90. The summed E-state index contributed by atoms with van der Waals surface area (Å²) in [5.74, 6) is 0. The average Bonchev–Trinajstić information content (AvgIpc) is 3.22. The van der Waals surface area contributed by atoms with Gasteiger partial charge in [0.1, 0.15) is 7.05 Å². The van der Waals surface area contributed by atoms with Gasteiger partial charge in [0.25, 0.3) is 0 Å². The summed E-state index contributed by atoms with van der Waals surface area (Å²) in [7, 11) is 2.16. The van der Waals surface area contributed by atoms with Gasteiger partial charge in [0, 0.05) is 47.7 Å².